The molecule has 4 N–H and O–H groups in total. The number of aryl methyl sites for hydroxylation is 1. The number of hydrogen-bond donors (Lipinski definition) is 4. The maximum Gasteiger partial charge on any atom is 0.203 e. The number of hydrogen-bond acceptors (Lipinski definition) is 7. The number of fused-ring (bicyclic) bond motifs is 3. The average molecular weight is 675 g/mol. The molecule has 0 amide bonds. The molecule has 260 valence electrons. The third-order valence-electron chi connectivity index (χ3n) is 11.5. The highest BCUT2D eigenvalue weighted by Crippen LogP contribution is 2.65. The maximum absolute atomic E-state index is 14.6. The molecule has 6 rings (SSSR count). The van der Waals surface area contributed by atoms with E-state index in [2.05, 4.69) is 37.8 Å². The molecule has 0 spiro atoms. The number of carbonyl (C=O) groups excluding carboxylic acids is 3. The van der Waals surface area contributed by atoms with E-state index < -0.39 is 56.8 Å². The first kappa shape index (κ1) is 35.1. The lowest BCUT2D eigenvalue weighted by Crippen LogP contribution is -2.69. The van der Waals surface area contributed by atoms with Crippen LogP contribution in [0.25, 0.3) is 16.9 Å². The van der Waals surface area contributed by atoms with Crippen LogP contribution in [0.15, 0.2) is 89.7 Å². The van der Waals surface area contributed by atoms with Crippen LogP contribution in [0.2, 0.25) is 0 Å². The fourth-order valence-electron chi connectivity index (χ4n) is 9.32. The molecular formula is C43H46O7. The molecule has 4 atom stereocenters. The van der Waals surface area contributed by atoms with Gasteiger partial charge in [0.25, 0.3) is 0 Å². The van der Waals surface area contributed by atoms with Crippen molar-refractivity contribution in [1.82, 2.24) is 0 Å². The summed E-state index contributed by atoms with van der Waals surface area (Å²) >= 11 is 0. The second kappa shape index (κ2) is 12.2. The molecule has 1 unspecified atom stereocenters. The fraction of sp³-hybridized carbons (Fsp3) is 0.372. The number of aliphatic hydroxyl groups is 3. The van der Waals surface area contributed by atoms with E-state index in [0.29, 0.717) is 12.0 Å². The number of benzene rings is 3. The van der Waals surface area contributed by atoms with Crippen molar-refractivity contribution in [2.75, 3.05) is 0 Å². The molecule has 3 aliphatic carbocycles. The molecule has 7 heteroatoms. The Kier molecular flexibility index (Phi) is 8.59. The van der Waals surface area contributed by atoms with E-state index in [9.17, 15) is 34.8 Å². The van der Waals surface area contributed by atoms with Gasteiger partial charge in [-0.05, 0) is 84.4 Å². The zero-order chi connectivity index (χ0) is 36.5. The van der Waals surface area contributed by atoms with Gasteiger partial charge in [0.15, 0.2) is 17.2 Å². The first-order chi connectivity index (χ1) is 23.5. The second-order valence-corrected chi connectivity index (χ2v) is 15.4. The predicted molar refractivity (Wildman–Crippen MR) is 194 cm³/mol. The van der Waals surface area contributed by atoms with Crippen LogP contribution >= 0.6 is 0 Å². The van der Waals surface area contributed by atoms with Crippen molar-refractivity contribution < 1.29 is 34.8 Å². The van der Waals surface area contributed by atoms with E-state index in [-0.39, 0.29) is 35.6 Å². The highest BCUT2D eigenvalue weighted by Gasteiger charge is 2.72. The highest BCUT2D eigenvalue weighted by atomic mass is 16.3. The van der Waals surface area contributed by atoms with Crippen LogP contribution in [0.5, 0.6) is 5.75 Å². The Balaban J connectivity index is 1.39. The Bertz CT molecular complexity index is 2010. The van der Waals surface area contributed by atoms with Crippen LogP contribution in [0.3, 0.4) is 0 Å². The summed E-state index contributed by atoms with van der Waals surface area (Å²) in [7, 11) is 0. The Hall–Kier alpha value is -4.75. The lowest BCUT2D eigenvalue weighted by atomic mass is 9.43. The summed E-state index contributed by atoms with van der Waals surface area (Å²) in [6.45, 7) is 14.6. The minimum atomic E-state index is -2.64. The number of carbonyl (C=O) groups is 3. The summed E-state index contributed by atoms with van der Waals surface area (Å²) in [5.41, 5.74) is 1.10. The van der Waals surface area contributed by atoms with Gasteiger partial charge in [-0.25, -0.2) is 0 Å². The number of aliphatic hydroxyl groups excluding tert-OH is 2. The van der Waals surface area contributed by atoms with E-state index in [0.717, 1.165) is 42.0 Å². The largest absolute Gasteiger partial charge is 0.508 e. The zero-order valence-electron chi connectivity index (χ0n) is 29.7. The molecule has 7 nitrogen and oxygen atoms in total. The number of Topliss-reactive ketones (excluding diaryl/α,β-unsaturated/α-hetero) is 3. The first-order valence-electron chi connectivity index (χ1n) is 17.4. The van der Waals surface area contributed by atoms with Crippen molar-refractivity contribution in [3.63, 3.8) is 0 Å². The molecule has 3 aliphatic rings. The molecule has 0 aliphatic heterocycles. The van der Waals surface area contributed by atoms with Gasteiger partial charge < -0.3 is 20.4 Å². The summed E-state index contributed by atoms with van der Waals surface area (Å²) in [6, 6.07) is 19.9. The molecule has 50 heavy (non-hydrogen) atoms. The zero-order valence-corrected chi connectivity index (χ0v) is 29.7. The number of phenols is 1. The second-order valence-electron chi connectivity index (χ2n) is 15.4. The van der Waals surface area contributed by atoms with Gasteiger partial charge in [-0.2, -0.15) is 0 Å². The summed E-state index contributed by atoms with van der Waals surface area (Å²) in [6.07, 6.45) is 2.74. The molecule has 1 fully saturated rings. The van der Waals surface area contributed by atoms with Gasteiger partial charge in [-0.3, -0.25) is 14.4 Å². The van der Waals surface area contributed by atoms with Gasteiger partial charge >= 0.3 is 0 Å². The number of rotatable bonds is 8. The molecule has 3 aromatic rings. The van der Waals surface area contributed by atoms with E-state index in [1.165, 1.54) is 17.2 Å². The van der Waals surface area contributed by atoms with Gasteiger partial charge in [0.1, 0.15) is 22.8 Å². The van der Waals surface area contributed by atoms with Crippen molar-refractivity contribution in [3.05, 3.63) is 118 Å². The molecule has 3 aromatic carbocycles. The van der Waals surface area contributed by atoms with Crippen molar-refractivity contribution in [1.29, 1.82) is 0 Å². The Morgan fingerprint density at radius 1 is 0.900 bits per heavy atom. The molecular weight excluding hydrogens is 628 g/mol. The van der Waals surface area contributed by atoms with E-state index >= 15 is 0 Å². The van der Waals surface area contributed by atoms with Crippen molar-refractivity contribution >= 4 is 23.1 Å². The lowest BCUT2D eigenvalue weighted by molar-refractivity contribution is -0.178. The molecule has 0 heterocycles. The predicted octanol–water partition coefficient (Wildman–Crippen LogP) is 7.76. The van der Waals surface area contributed by atoms with Gasteiger partial charge in [-0.15, -0.1) is 0 Å². The first-order valence-corrected chi connectivity index (χ1v) is 17.4. The number of aromatic hydroxyl groups is 1. The van der Waals surface area contributed by atoms with Crippen LogP contribution in [0.4, 0.5) is 0 Å². The maximum atomic E-state index is 14.6. The van der Waals surface area contributed by atoms with Crippen LogP contribution in [0, 0.1) is 22.7 Å². The van der Waals surface area contributed by atoms with E-state index in [1.807, 2.05) is 31.2 Å². The SMILES string of the molecule is C=C(Cc1ccc(CC)cc1)Cc1ccc(-c2ccc(O)c3c2C[C@]2(C)C[C@]4(C)C(C(C)C)C(=O)C(C(C)=O)=C(O)[C@]4(O)C(=O)C2=C3O)cc1. The van der Waals surface area contributed by atoms with E-state index in [1.54, 1.807) is 26.8 Å². The molecule has 0 radical (unpaired) electrons. The Morgan fingerprint density at radius 3 is 2.00 bits per heavy atom. The minimum absolute atomic E-state index is 0.0439. The van der Waals surface area contributed by atoms with Gasteiger partial charge in [-0.1, -0.05) is 101 Å². The van der Waals surface area contributed by atoms with E-state index in [4.69, 9.17) is 0 Å². The van der Waals surface area contributed by atoms with Crippen LogP contribution in [-0.2, 0) is 40.1 Å². The van der Waals surface area contributed by atoms with Gasteiger partial charge in [0, 0.05) is 22.3 Å². The van der Waals surface area contributed by atoms with Crippen LogP contribution in [-0.4, -0.2) is 43.4 Å². The molecule has 1 saturated carbocycles. The van der Waals surface area contributed by atoms with Crippen LogP contribution < -0.4 is 0 Å². The summed E-state index contributed by atoms with van der Waals surface area (Å²) in [4.78, 5) is 41.0. The monoisotopic (exact) mass is 674 g/mol. The molecule has 0 bridgehead atoms. The quantitative estimate of drug-likeness (QED) is 0.142. The smallest absolute Gasteiger partial charge is 0.203 e. The summed E-state index contributed by atoms with van der Waals surface area (Å²) in [5, 5.41) is 46.6. The fourth-order valence-corrected chi connectivity index (χ4v) is 9.32. The minimum Gasteiger partial charge on any atom is -0.508 e. The third-order valence-corrected chi connectivity index (χ3v) is 11.5. The third kappa shape index (κ3) is 5.17. The number of allylic oxidation sites excluding steroid dienone is 2. The van der Waals surface area contributed by atoms with Crippen molar-refractivity contribution in [2.45, 2.75) is 79.2 Å². The molecule has 0 saturated heterocycles. The lowest BCUT2D eigenvalue weighted by Gasteiger charge is -2.59. The average Bonchev–Trinajstić information content (AvgIpc) is 3.03. The highest BCUT2D eigenvalue weighted by molar-refractivity contribution is 6.24. The summed E-state index contributed by atoms with van der Waals surface area (Å²) in [5.74, 6) is -5.35. The summed E-state index contributed by atoms with van der Waals surface area (Å²) < 4.78 is 0. The topological polar surface area (TPSA) is 132 Å². The standard InChI is InChI=1S/C43H46O7/c1-8-26-9-11-27(12-10-26)19-24(4)20-28-13-15-29(16-14-28)30-17-18-32(45)34-31(30)21-41(6)22-42(7)35(23(2)3)37(46)33(25(5)44)39(48)43(42,50)40(49)36(41)38(34)47/h9-18,23,35,45,47-48,50H,4,8,19-22H2,1-3,5-7H3/t35?,41-,42-,43+/m1/s1. The van der Waals surface area contributed by atoms with Crippen LogP contribution in [0.1, 0.15) is 75.8 Å². The van der Waals surface area contributed by atoms with Gasteiger partial charge in [0.2, 0.25) is 5.78 Å². The normalized spacial score (nSPS) is 26.1. The van der Waals surface area contributed by atoms with Crippen molar-refractivity contribution in [3.8, 4) is 16.9 Å². The Labute approximate surface area is 293 Å². The Morgan fingerprint density at radius 2 is 1.46 bits per heavy atom. The van der Waals surface area contributed by atoms with Crippen molar-refractivity contribution in [2.24, 2.45) is 22.7 Å². The molecule has 0 aromatic heterocycles. The van der Waals surface area contributed by atoms with Gasteiger partial charge in [0.05, 0.1) is 5.56 Å². The number of phenolic OH excluding ortho intramolecular Hbond substituents is 1. The number of ketones is 3.